The van der Waals surface area contributed by atoms with Crippen molar-refractivity contribution < 1.29 is 13.5 Å². The Balaban J connectivity index is 1.48. The standard InChI is InChI=1S/C22H25BrF2N6O/c23-17-3-2-16-19(18(17)25)28-21(29-20(16)30-9-7-27-15(12-30)4-6-26)32-13-22-5-1-8-31(22)11-14(24)10-22/h2-3,14-15,27H,1,4-5,7-13H2/t14?,15?,22-/m0/s1. The Labute approximate surface area is 193 Å². The monoisotopic (exact) mass is 506 g/mol. The number of fused-ring (bicyclic) bond motifs is 2. The van der Waals surface area contributed by atoms with Gasteiger partial charge in [-0.25, -0.2) is 8.78 Å². The molecule has 1 aromatic heterocycles. The lowest BCUT2D eigenvalue weighted by Crippen LogP contribution is -2.51. The predicted octanol–water partition coefficient (Wildman–Crippen LogP) is 3.18. The number of hydrogen-bond donors (Lipinski definition) is 1. The van der Waals surface area contributed by atoms with Crippen molar-refractivity contribution in [1.82, 2.24) is 20.2 Å². The minimum atomic E-state index is -0.849. The van der Waals surface area contributed by atoms with Gasteiger partial charge in [0.1, 0.15) is 24.1 Å². The predicted molar refractivity (Wildman–Crippen MR) is 120 cm³/mol. The van der Waals surface area contributed by atoms with E-state index in [4.69, 9.17) is 10.00 Å². The number of rotatable bonds is 5. The fourth-order valence-electron chi connectivity index (χ4n) is 5.32. The molecule has 3 atom stereocenters. The molecule has 2 aromatic rings. The van der Waals surface area contributed by atoms with Crippen LogP contribution in [0.25, 0.3) is 10.9 Å². The summed E-state index contributed by atoms with van der Waals surface area (Å²) in [6.07, 6.45) is 1.87. The van der Waals surface area contributed by atoms with Gasteiger partial charge < -0.3 is 15.0 Å². The summed E-state index contributed by atoms with van der Waals surface area (Å²) in [6.45, 7) is 3.55. The lowest BCUT2D eigenvalue weighted by molar-refractivity contribution is 0.107. The number of aromatic nitrogens is 2. The van der Waals surface area contributed by atoms with Crippen LogP contribution in [0.2, 0.25) is 0 Å². The topological polar surface area (TPSA) is 77.3 Å². The van der Waals surface area contributed by atoms with Crippen LogP contribution >= 0.6 is 15.9 Å². The van der Waals surface area contributed by atoms with Gasteiger partial charge >= 0.3 is 6.01 Å². The fraction of sp³-hybridized carbons (Fsp3) is 0.591. The van der Waals surface area contributed by atoms with E-state index in [1.54, 1.807) is 12.1 Å². The minimum absolute atomic E-state index is 0.00865. The Kier molecular flexibility index (Phi) is 5.90. The molecule has 0 bridgehead atoms. The maximum atomic E-state index is 15.0. The first-order valence-electron chi connectivity index (χ1n) is 11.0. The maximum Gasteiger partial charge on any atom is 0.319 e. The third kappa shape index (κ3) is 3.91. The van der Waals surface area contributed by atoms with E-state index in [1.165, 1.54) is 0 Å². The molecule has 4 heterocycles. The summed E-state index contributed by atoms with van der Waals surface area (Å²) >= 11 is 3.24. The highest BCUT2D eigenvalue weighted by molar-refractivity contribution is 9.10. The average Bonchev–Trinajstić information content (AvgIpc) is 3.31. The van der Waals surface area contributed by atoms with Crippen LogP contribution in [0.5, 0.6) is 6.01 Å². The van der Waals surface area contributed by atoms with Crippen LogP contribution in [0.4, 0.5) is 14.6 Å². The van der Waals surface area contributed by atoms with Crippen LogP contribution in [0.15, 0.2) is 16.6 Å². The molecule has 5 rings (SSSR count). The van der Waals surface area contributed by atoms with Gasteiger partial charge in [-0.3, -0.25) is 4.90 Å². The molecule has 2 unspecified atom stereocenters. The van der Waals surface area contributed by atoms with Crippen molar-refractivity contribution >= 4 is 32.7 Å². The number of nitrogens with zero attached hydrogens (tertiary/aromatic N) is 5. The van der Waals surface area contributed by atoms with Gasteiger partial charge in [0, 0.05) is 44.0 Å². The molecule has 3 aliphatic heterocycles. The van der Waals surface area contributed by atoms with Crippen LogP contribution in [0.1, 0.15) is 25.7 Å². The van der Waals surface area contributed by atoms with E-state index in [2.05, 4.69) is 47.1 Å². The number of ether oxygens (including phenoxy) is 1. The number of halogens is 3. The Morgan fingerprint density at radius 2 is 2.19 bits per heavy atom. The van der Waals surface area contributed by atoms with Crippen LogP contribution in [0.3, 0.4) is 0 Å². The van der Waals surface area contributed by atoms with Crippen LogP contribution < -0.4 is 15.0 Å². The summed E-state index contributed by atoms with van der Waals surface area (Å²) in [5.74, 6) is 0.126. The van der Waals surface area contributed by atoms with Crippen LogP contribution in [-0.4, -0.2) is 72.0 Å². The lowest BCUT2D eigenvalue weighted by Gasteiger charge is -2.34. The molecular weight excluding hydrogens is 482 g/mol. The van der Waals surface area contributed by atoms with Crippen molar-refractivity contribution in [2.45, 2.75) is 43.4 Å². The van der Waals surface area contributed by atoms with E-state index in [-0.39, 0.29) is 29.7 Å². The van der Waals surface area contributed by atoms with Crippen molar-refractivity contribution in [2.75, 3.05) is 44.2 Å². The second-order valence-electron chi connectivity index (χ2n) is 8.91. The maximum absolute atomic E-state index is 15.0. The van der Waals surface area contributed by atoms with Gasteiger partial charge in [-0.15, -0.1) is 0 Å². The zero-order valence-electron chi connectivity index (χ0n) is 17.7. The Hall–Kier alpha value is -2.09. The van der Waals surface area contributed by atoms with Gasteiger partial charge in [0.05, 0.1) is 22.5 Å². The van der Waals surface area contributed by atoms with Gasteiger partial charge in [0.15, 0.2) is 5.82 Å². The van der Waals surface area contributed by atoms with Gasteiger partial charge in [-0.05, 0) is 47.4 Å². The number of benzene rings is 1. The van der Waals surface area contributed by atoms with E-state index in [0.717, 1.165) is 19.4 Å². The fourth-order valence-corrected chi connectivity index (χ4v) is 5.64. The third-order valence-corrected chi connectivity index (χ3v) is 7.45. The summed E-state index contributed by atoms with van der Waals surface area (Å²) in [4.78, 5) is 13.3. The molecular formula is C22H25BrF2N6O. The summed E-state index contributed by atoms with van der Waals surface area (Å²) in [5, 5.41) is 13.0. The highest BCUT2D eigenvalue weighted by Gasteiger charge is 2.49. The van der Waals surface area contributed by atoms with Crippen LogP contribution in [-0.2, 0) is 0 Å². The molecule has 0 aliphatic carbocycles. The van der Waals surface area contributed by atoms with E-state index >= 15 is 4.39 Å². The quantitative estimate of drug-likeness (QED) is 0.667. The van der Waals surface area contributed by atoms with Crippen molar-refractivity contribution in [1.29, 1.82) is 5.26 Å². The van der Waals surface area contributed by atoms with E-state index in [0.29, 0.717) is 54.7 Å². The summed E-state index contributed by atoms with van der Waals surface area (Å²) in [7, 11) is 0. The molecule has 0 amide bonds. The number of piperazine rings is 1. The minimum Gasteiger partial charge on any atom is -0.461 e. The molecule has 3 aliphatic rings. The zero-order chi connectivity index (χ0) is 22.3. The second kappa shape index (κ2) is 8.69. The number of nitrogens with one attached hydrogen (secondary N) is 1. The lowest BCUT2D eigenvalue weighted by atomic mass is 9.95. The number of anilines is 1. The molecule has 170 valence electrons. The number of alkyl halides is 1. The Morgan fingerprint density at radius 3 is 3.03 bits per heavy atom. The van der Waals surface area contributed by atoms with Gasteiger partial charge in [0.25, 0.3) is 0 Å². The van der Waals surface area contributed by atoms with Crippen molar-refractivity contribution in [3.05, 3.63) is 22.4 Å². The second-order valence-corrected chi connectivity index (χ2v) is 9.76. The first-order chi connectivity index (χ1) is 15.5. The largest absolute Gasteiger partial charge is 0.461 e. The van der Waals surface area contributed by atoms with Crippen molar-refractivity contribution in [3.8, 4) is 12.1 Å². The highest BCUT2D eigenvalue weighted by Crippen LogP contribution is 2.40. The number of hydrogen-bond acceptors (Lipinski definition) is 7. The van der Waals surface area contributed by atoms with E-state index < -0.39 is 12.0 Å². The molecule has 0 spiro atoms. The Bertz CT molecular complexity index is 1060. The van der Waals surface area contributed by atoms with Crippen molar-refractivity contribution in [3.63, 3.8) is 0 Å². The number of nitriles is 1. The van der Waals surface area contributed by atoms with Gasteiger partial charge in [-0.1, -0.05) is 0 Å². The molecule has 1 aromatic carbocycles. The summed E-state index contributed by atoms with van der Waals surface area (Å²) in [5.41, 5.74) is -0.147. The third-order valence-electron chi connectivity index (χ3n) is 6.84. The highest BCUT2D eigenvalue weighted by atomic mass is 79.9. The molecule has 0 radical (unpaired) electrons. The van der Waals surface area contributed by atoms with Crippen LogP contribution in [0, 0.1) is 17.1 Å². The SMILES string of the molecule is N#CCC1CN(c2nc(OC[C@@]34CCCN3CC(F)C4)nc3c(F)c(Br)ccc23)CCN1. The first kappa shape index (κ1) is 21.7. The average molecular weight is 507 g/mol. The van der Waals surface area contributed by atoms with E-state index in [9.17, 15) is 4.39 Å². The summed E-state index contributed by atoms with van der Waals surface area (Å²) < 4.78 is 35.5. The molecule has 10 heteroatoms. The first-order valence-corrected chi connectivity index (χ1v) is 11.8. The van der Waals surface area contributed by atoms with Gasteiger partial charge in [-0.2, -0.15) is 15.2 Å². The molecule has 3 saturated heterocycles. The zero-order valence-corrected chi connectivity index (χ0v) is 19.2. The van der Waals surface area contributed by atoms with Crippen molar-refractivity contribution in [2.24, 2.45) is 0 Å². The van der Waals surface area contributed by atoms with Gasteiger partial charge in [0.2, 0.25) is 0 Å². The molecule has 32 heavy (non-hydrogen) atoms. The smallest absolute Gasteiger partial charge is 0.319 e. The Morgan fingerprint density at radius 1 is 1.31 bits per heavy atom. The molecule has 3 fully saturated rings. The molecule has 1 N–H and O–H groups in total. The summed E-state index contributed by atoms with van der Waals surface area (Å²) in [6, 6.07) is 5.76. The normalized spacial score (nSPS) is 28.1. The molecule has 7 nitrogen and oxygen atoms in total. The van der Waals surface area contributed by atoms with E-state index in [1.807, 2.05) is 0 Å². The molecule has 0 saturated carbocycles.